The monoisotopic (exact) mass is 363 g/mol. The van der Waals surface area contributed by atoms with E-state index in [0.717, 1.165) is 33.4 Å². The summed E-state index contributed by atoms with van der Waals surface area (Å²) in [6, 6.07) is 15.8. The second-order valence-electron chi connectivity index (χ2n) is 6.98. The molecule has 0 aliphatic rings. The maximum Gasteiger partial charge on any atom is 0.243 e. The summed E-state index contributed by atoms with van der Waals surface area (Å²) in [5.41, 5.74) is 4.99. The number of nitrogens with zero attached hydrogens (tertiary/aromatic N) is 2. The number of likely N-dealkylation sites (N-methyl/N-ethyl adjacent to an activating group) is 1. The highest BCUT2D eigenvalue weighted by atomic mass is 16.2. The van der Waals surface area contributed by atoms with E-state index in [1.165, 1.54) is 4.90 Å². The van der Waals surface area contributed by atoms with Gasteiger partial charge in [0.25, 0.3) is 0 Å². The van der Waals surface area contributed by atoms with Crippen molar-refractivity contribution in [1.29, 1.82) is 0 Å². The first-order valence-electron chi connectivity index (χ1n) is 9.01. The topological polar surface area (TPSA) is 54.3 Å². The van der Waals surface area contributed by atoms with Crippen LogP contribution in [0.3, 0.4) is 0 Å². The summed E-state index contributed by atoms with van der Waals surface area (Å²) < 4.78 is 1.98. The molecule has 0 fully saturated rings. The molecule has 1 N–H and O–H groups in total. The fraction of sp³-hybridized carbons (Fsp3) is 0.273. The Kier molecular flexibility index (Phi) is 5.31. The van der Waals surface area contributed by atoms with Gasteiger partial charge in [-0.05, 0) is 55.5 Å². The number of carbonyl (C=O) groups excluding carboxylic acids is 2. The Balaban J connectivity index is 1.66. The van der Waals surface area contributed by atoms with Crippen molar-refractivity contribution in [1.82, 2.24) is 9.47 Å². The van der Waals surface area contributed by atoms with Crippen molar-refractivity contribution in [2.75, 3.05) is 18.9 Å². The first kappa shape index (κ1) is 18.7. The van der Waals surface area contributed by atoms with Crippen LogP contribution in [0.5, 0.6) is 0 Å². The zero-order chi connectivity index (χ0) is 19.6. The van der Waals surface area contributed by atoms with Crippen molar-refractivity contribution in [2.45, 2.75) is 27.3 Å². The van der Waals surface area contributed by atoms with Crippen LogP contribution in [0.15, 0.2) is 48.5 Å². The van der Waals surface area contributed by atoms with Crippen LogP contribution in [-0.4, -0.2) is 34.9 Å². The third-order valence-corrected chi connectivity index (χ3v) is 5.00. The average molecular weight is 363 g/mol. The van der Waals surface area contributed by atoms with Crippen LogP contribution in [0.4, 0.5) is 5.69 Å². The smallest absolute Gasteiger partial charge is 0.243 e. The van der Waals surface area contributed by atoms with E-state index in [-0.39, 0.29) is 24.9 Å². The number of rotatable bonds is 5. The second kappa shape index (κ2) is 7.66. The van der Waals surface area contributed by atoms with Gasteiger partial charge in [-0.25, -0.2) is 0 Å². The average Bonchev–Trinajstić information content (AvgIpc) is 2.94. The molecule has 0 unspecified atom stereocenters. The Morgan fingerprint density at radius 1 is 1.04 bits per heavy atom. The van der Waals surface area contributed by atoms with Crippen LogP contribution in [-0.2, 0) is 16.1 Å². The quantitative estimate of drug-likeness (QED) is 0.752. The minimum atomic E-state index is -0.200. The Morgan fingerprint density at radius 3 is 2.56 bits per heavy atom. The second-order valence-corrected chi connectivity index (χ2v) is 6.98. The third-order valence-electron chi connectivity index (χ3n) is 5.00. The third kappa shape index (κ3) is 4.03. The highest BCUT2D eigenvalue weighted by molar-refractivity contribution is 5.95. The highest BCUT2D eigenvalue weighted by Crippen LogP contribution is 2.20. The molecule has 0 spiro atoms. The predicted octanol–water partition coefficient (Wildman–Crippen LogP) is 3.66. The molecule has 1 aromatic heterocycles. The summed E-state index contributed by atoms with van der Waals surface area (Å²) in [5, 5.41) is 4.01. The normalized spacial score (nSPS) is 10.8. The molecule has 3 rings (SSSR count). The van der Waals surface area contributed by atoms with E-state index in [4.69, 9.17) is 0 Å². The van der Waals surface area contributed by atoms with E-state index in [0.29, 0.717) is 0 Å². The fourth-order valence-corrected chi connectivity index (χ4v) is 3.19. The first-order valence-corrected chi connectivity index (χ1v) is 9.01. The molecule has 1 heterocycles. The molecule has 0 saturated heterocycles. The summed E-state index contributed by atoms with van der Waals surface area (Å²) in [7, 11) is 1.66. The van der Waals surface area contributed by atoms with Gasteiger partial charge in [-0.1, -0.05) is 30.3 Å². The molecular weight excluding hydrogens is 338 g/mol. The number of hydrogen-bond acceptors (Lipinski definition) is 2. The van der Waals surface area contributed by atoms with Crippen LogP contribution in [0.2, 0.25) is 0 Å². The van der Waals surface area contributed by atoms with Crippen molar-refractivity contribution in [3.63, 3.8) is 0 Å². The standard InChI is InChI=1S/C22H25N3O2/c1-15-8-7-10-19(17(15)3)23-21(26)13-24(4)22(27)14-25-16(2)12-18-9-5-6-11-20(18)25/h5-12H,13-14H2,1-4H3,(H,23,26). The van der Waals surface area contributed by atoms with E-state index < -0.39 is 0 Å². The fourth-order valence-electron chi connectivity index (χ4n) is 3.19. The van der Waals surface area contributed by atoms with E-state index in [1.807, 2.05) is 67.8 Å². The van der Waals surface area contributed by atoms with Gasteiger partial charge in [0.05, 0.1) is 6.54 Å². The molecule has 0 saturated carbocycles. The Hall–Kier alpha value is -3.08. The molecule has 2 aromatic carbocycles. The van der Waals surface area contributed by atoms with Crippen molar-refractivity contribution >= 4 is 28.4 Å². The summed E-state index contributed by atoms with van der Waals surface area (Å²) in [4.78, 5) is 26.5. The number of amides is 2. The van der Waals surface area contributed by atoms with Crippen molar-refractivity contribution in [3.05, 3.63) is 65.4 Å². The number of benzene rings is 2. The van der Waals surface area contributed by atoms with Crippen molar-refractivity contribution in [3.8, 4) is 0 Å². The number of para-hydroxylation sites is 1. The van der Waals surface area contributed by atoms with E-state index in [2.05, 4.69) is 11.4 Å². The van der Waals surface area contributed by atoms with Gasteiger partial charge >= 0.3 is 0 Å². The summed E-state index contributed by atoms with van der Waals surface area (Å²) in [6.07, 6.45) is 0. The molecular formula is C22H25N3O2. The summed E-state index contributed by atoms with van der Waals surface area (Å²) in [5.74, 6) is -0.302. The Morgan fingerprint density at radius 2 is 1.78 bits per heavy atom. The molecule has 0 bridgehead atoms. The van der Waals surface area contributed by atoms with E-state index in [1.54, 1.807) is 7.05 Å². The lowest BCUT2D eigenvalue weighted by atomic mass is 10.1. The lowest BCUT2D eigenvalue weighted by Crippen LogP contribution is -2.37. The predicted molar refractivity (Wildman–Crippen MR) is 109 cm³/mol. The van der Waals surface area contributed by atoms with Crippen LogP contribution in [0, 0.1) is 20.8 Å². The molecule has 3 aromatic rings. The maximum atomic E-state index is 12.6. The number of aromatic nitrogens is 1. The molecule has 5 heteroatoms. The van der Waals surface area contributed by atoms with Crippen LogP contribution >= 0.6 is 0 Å². The van der Waals surface area contributed by atoms with Gasteiger partial charge in [0.1, 0.15) is 6.54 Å². The minimum Gasteiger partial charge on any atom is -0.335 e. The zero-order valence-electron chi connectivity index (χ0n) is 16.2. The van der Waals surface area contributed by atoms with Crippen LogP contribution < -0.4 is 5.32 Å². The molecule has 2 amide bonds. The van der Waals surface area contributed by atoms with Gasteiger partial charge in [-0.15, -0.1) is 0 Å². The summed E-state index contributed by atoms with van der Waals surface area (Å²) in [6.45, 7) is 6.20. The van der Waals surface area contributed by atoms with Crippen LogP contribution in [0.25, 0.3) is 10.9 Å². The number of fused-ring (bicyclic) bond motifs is 1. The minimum absolute atomic E-state index is 0.0183. The molecule has 0 aliphatic heterocycles. The van der Waals surface area contributed by atoms with Gasteiger partial charge in [0.2, 0.25) is 11.8 Å². The Bertz CT molecular complexity index is 1000. The number of aryl methyl sites for hydroxylation is 2. The van der Waals surface area contributed by atoms with Gasteiger partial charge in [-0.2, -0.15) is 0 Å². The molecule has 0 radical (unpaired) electrons. The molecule has 140 valence electrons. The van der Waals surface area contributed by atoms with Crippen LogP contribution in [0.1, 0.15) is 16.8 Å². The SMILES string of the molecule is Cc1cccc(NC(=O)CN(C)C(=O)Cn2c(C)cc3ccccc32)c1C. The molecule has 5 nitrogen and oxygen atoms in total. The first-order chi connectivity index (χ1) is 12.9. The number of anilines is 1. The molecule has 0 aliphatic carbocycles. The lowest BCUT2D eigenvalue weighted by Gasteiger charge is -2.19. The molecule has 27 heavy (non-hydrogen) atoms. The number of hydrogen-bond donors (Lipinski definition) is 1. The van der Waals surface area contributed by atoms with Gasteiger partial charge in [0, 0.05) is 23.9 Å². The Labute approximate surface area is 159 Å². The zero-order valence-corrected chi connectivity index (χ0v) is 16.2. The number of nitrogens with one attached hydrogen (secondary N) is 1. The van der Waals surface area contributed by atoms with Crippen molar-refractivity contribution in [2.24, 2.45) is 0 Å². The highest BCUT2D eigenvalue weighted by Gasteiger charge is 2.16. The maximum absolute atomic E-state index is 12.6. The van der Waals surface area contributed by atoms with Crippen molar-refractivity contribution < 1.29 is 9.59 Å². The van der Waals surface area contributed by atoms with E-state index in [9.17, 15) is 9.59 Å². The lowest BCUT2D eigenvalue weighted by molar-refractivity contribution is -0.133. The molecule has 0 atom stereocenters. The number of carbonyl (C=O) groups is 2. The van der Waals surface area contributed by atoms with Gasteiger partial charge in [-0.3, -0.25) is 9.59 Å². The largest absolute Gasteiger partial charge is 0.335 e. The van der Waals surface area contributed by atoms with E-state index >= 15 is 0 Å². The van der Waals surface area contributed by atoms with Gasteiger partial charge < -0.3 is 14.8 Å². The van der Waals surface area contributed by atoms with Gasteiger partial charge in [0.15, 0.2) is 0 Å². The summed E-state index contributed by atoms with van der Waals surface area (Å²) >= 11 is 0.